The van der Waals surface area contributed by atoms with Crippen molar-refractivity contribution in [2.24, 2.45) is 5.41 Å². The van der Waals surface area contributed by atoms with Crippen LogP contribution in [0.3, 0.4) is 0 Å². The molecule has 1 aromatic heterocycles. The zero-order chi connectivity index (χ0) is 14.8. The lowest BCUT2D eigenvalue weighted by molar-refractivity contribution is -0.206. The molecule has 0 saturated heterocycles. The van der Waals surface area contributed by atoms with Gasteiger partial charge in [0.2, 0.25) is 0 Å². The van der Waals surface area contributed by atoms with Crippen molar-refractivity contribution in [1.29, 1.82) is 0 Å². The van der Waals surface area contributed by atoms with E-state index in [0.717, 1.165) is 0 Å². The monoisotopic (exact) mass is 279 g/mol. The molecule has 0 aliphatic rings. The molecule has 0 aliphatic heterocycles. The first-order valence-electron chi connectivity index (χ1n) is 5.57. The Kier molecular flexibility index (Phi) is 4.29. The minimum absolute atomic E-state index is 0.157. The van der Waals surface area contributed by atoms with Crippen molar-refractivity contribution >= 4 is 5.97 Å². The van der Waals surface area contributed by atoms with Gasteiger partial charge in [0.1, 0.15) is 0 Å². The van der Waals surface area contributed by atoms with E-state index in [1.807, 2.05) is 0 Å². The number of carbonyl (C=O) groups is 1. The number of methoxy groups -OCH3 is 1. The summed E-state index contributed by atoms with van der Waals surface area (Å²) in [4.78, 5) is 11.5. The molecule has 0 aliphatic carbocycles. The molecule has 1 rings (SSSR count). The first-order valence-corrected chi connectivity index (χ1v) is 5.57. The van der Waals surface area contributed by atoms with Gasteiger partial charge in [-0.1, -0.05) is 0 Å². The summed E-state index contributed by atoms with van der Waals surface area (Å²) in [6, 6.07) is 1.17. The highest BCUT2D eigenvalue weighted by atomic mass is 19.4. The fourth-order valence-electron chi connectivity index (χ4n) is 1.71. The maximum atomic E-state index is 12.3. The van der Waals surface area contributed by atoms with Crippen LogP contribution in [0.5, 0.6) is 0 Å². The van der Waals surface area contributed by atoms with Crippen molar-refractivity contribution in [3.05, 3.63) is 24.0 Å². The number of hydrogen-bond acceptors (Lipinski definition) is 3. The van der Waals surface area contributed by atoms with Gasteiger partial charge in [-0.15, -0.1) is 0 Å². The summed E-state index contributed by atoms with van der Waals surface area (Å²) in [7, 11) is 1.25. The Morgan fingerprint density at radius 3 is 2.53 bits per heavy atom. The van der Waals surface area contributed by atoms with Crippen LogP contribution >= 0.6 is 0 Å². The first kappa shape index (κ1) is 15.6. The predicted molar refractivity (Wildman–Crippen MR) is 61.2 cm³/mol. The van der Waals surface area contributed by atoms with E-state index in [9.17, 15) is 18.0 Å². The van der Waals surface area contributed by atoms with E-state index < -0.39 is 23.7 Å². The topological polar surface area (TPSA) is 51.5 Å². The van der Waals surface area contributed by atoms with E-state index in [1.54, 1.807) is 13.8 Å². The Balaban J connectivity index is 2.84. The van der Waals surface area contributed by atoms with Gasteiger partial charge < -0.3 is 14.4 Å². The SMILES string of the molecule is COC(=O)C(C)(C)Cn1ccc(C(O)C(F)(F)F)c1. The summed E-state index contributed by atoms with van der Waals surface area (Å²) in [5, 5.41) is 9.09. The number of esters is 1. The quantitative estimate of drug-likeness (QED) is 0.860. The van der Waals surface area contributed by atoms with Gasteiger partial charge in [0.05, 0.1) is 12.5 Å². The Morgan fingerprint density at radius 1 is 1.47 bits per heavy atom. The smallest absolute Gasteiger partial charge is 0.418 e. The van der Waals surface area contributed by atoms with Gasteiger partial charge in [-0.25, -0.2) is 0 Å². The Bertz CT molecular complexity index is 451. The number of ether oxygens (including phenoxy) is 1. The number of nitrogens with zero attached hydrogens (tertiary/aromatic N) is 1. The van der Waals surface area contributed by atoms with Crippen LogP contribution in [0, 0.1) is 5.41 Å². The molecule has 0 aromatic carbocycles. The largest absolute Gasteiger partial charge is 0.469 e. The number of aliphatic hydroxyl groups is 1. The van der Waals surface area contributed by atoms with E-state index in [2.05, 4.69) is 4.74 Å². The van der Waals surface area contributed by atoms with Crippen LogP contribution in [0.2, 0.25) is 0 Å². The molecule has 1 N–H and O–H groups in total. The third kappa shape index (κ3) is 3.73. The molecule has 0 fully saturated rings. The molecule has 19 heavy (non-hydrogen) atoms. The molecular formula is C12H16F3NO3. The second kappa shape index (κ2) is 5.24. The van der Waals surface area contributed by atoms with Crippen molar-refractivity contribution in [3.63, 3.8) is 0 Å². The Morgan fingerprint density at radius 2 is 2.05 bits per heavy atom. The van der Waals surface area contributed by atoms with Crippen LogP contribution in [0.15, 0.2) is 18.5 Å². The summed E-state index contributed by atoms with van der Waals surface area (Å²) in [5.41, 5.74) is -1.12. The minimum Gasteiger partial charge on any atom is -0.469 e. The van der Waals surface area contributed by atoms with Crippen LogP contribution in [0.1, 0.15) is 25.5 Å². The summed E-state index contributed by atoms with van der Waals surface area (Å²) in [6.45, 7) is 3.40. The maximum absolute atomic E-state index is 12.3. The number of hydrogen-bond donors (Lipinski definition) is 1. The van der Waals surface area contributed by atoms with Gasteiger partial charge in [-0.2, -0.15) is 13.2 Å². The van der Waals surface area contributed by atoms with Crippen molar-refractivity contribution in [3.8, 4) is 0 Å². The number of carbonyl (C=O) groups excluding carboxylic acids is 1. The highest BCUT2D eigenvalue weighted by Crippen LogP contribution is 2.32. The van der Waals surface area contributed by atoms with Gasteiger partial charge in [0.25, 0.3) is 0 Å². The molecule has 1 aromatic rings. The summed E-state index contributed by atoms with van der Waals surface area (Å²) >= 11 is 0. The fraction of sp³-hybridized carbons (Fsp3) is 0.583. The van der Waals surface area contributed by atoms with Crippen LogP contribution in [0.4, 0.5) is 13.2 Å². The second-order valence-electron chi connectivity index (χ2n) is 4.94. The van der Waals surface area contributed by atoms with Gasteiger partial charge in [0.15, 0.2) is 6.10 Å². The predicted octanol–water partition coefficient (Wildman–Crippen LogP) is 2.28. The molecule has 1 heterocycles. The van der Waals surface area contributed by atoms with Crippen LogP contribution in [-0.4, -0.2) is 28.9 Å². The number of rotatable bonds is 4. The third-order valence-electron chi connectivity index (χ3n) is 2.71. The molecule has 0 amide bonds. The maximum Gasteiger partial charge on any atom is 0.418 e. The Labute approximate surface area is 108 Å². The van der Waals surface area contributed by atoms with Gasteiger partial charge >= 0.3 is 12.1 Å². The summed E-state index contributed by atoms with van der Waals surface area (Å²) < 4.78 is 43.0. The third-order valence-corrected chi connectivity index (χ3v) is 2.71. The average Bonchev–Trinajstić information content (AvgIpc) is 2.73. The summed E-state index contributed by atoms with van der Waals surface area (Å²) in [6.07, 6.45) is -4.67. The van der Waals surface area contributed by atoms with Crippen molar-refractivity contribution in [2.45, 2.75) is 32.7 Å². The van der Waals surface area contributed by atoms with E-state index in [0.29, 0.717) is 0 Å². The molecule has 0 bridgehead atoms. The lowest BCUT2D eigenvalue weighted by Gasteiger charge is -2.22. The van der Waals surface area contributed by atoms with Gasteiger partial charge in [-0.05, 0) is 19.9 Å². The van der Waals surface area contributed by atoms with Crippen molar-refractivity contribution in [2.75, 3.05) is 7.11 Å². The molecule has 0 saturated carbocycles. The lowest BCUT2D eigenvalue weighted by atomic mass is 9.94. The molecule has 0 spiro atoms. The second-order valence-corrected chi connectivity index (χ2v) is 4.94. The summed E-state index contributed by atoms with van der Waals surface area (Å²) in [5.74, 6) is -0.459. The number of halogens is 3. The molecule has 7 heteroatoms. The highest BCUT2D eigenvalue weighted by molar-refractivity contribution is 5.75. The normalized spacial score (nSPS) is 14.3. The van der Waals surface area contributed by atoms with Gasteiger partial charge in [0, 0.05) is 24.5 Å². The molecule has 4 nitrogen and oxygen atoms in total. The first-order chi connectivity index (χ1) is 8.58. The van der Waals surface area contributed by atoms with E-state index >= 15 is 0 Å². The van der Waals surface area contributed by atoms with E-state index in [-0.39, 0.29) is 12.1 Å². The number of aromatic nitrogens is 1. The van der Waals surface area contributed by atoms with Crippen LogP contribution < -0.4 is 0 Å². The number of alkyl halides is 3. The highest BCUT2D eigenvalue weighted by Gasteiger charge is 2.40. The zero-order valence-electron chi connectivity index (χ0n) is 10.9. The van der Waals surface area contributed by atoms with Crippen LogP contribution in [-0.2, 0) is 16.1 Å². The van der Waals surface area contributed by atoms with Gasteiger partial charge in [-0.3, -0.25) is 4.79 Å². The standard InChI is InChI=1S/C12H16F3NO3/c1-11(2,10(18)19-3)7-16-5-4-8(6-16)9(17)12(13,14)15/h4-6,9,17H,7H2,1-3H3. The minimum atomic E-state index is -4.70. The van der Waals surface area contributed by atoms with Crippen molar-refractivity contribution < 1.29 is 27.8 Å². The fourth-order valence-corrected chi connectivity index (χ4v) is 1.71. The molecule has 108 valence electrons. The number of aliphatic hydroxyl groups excluding tert-OH is 1. The van der Waals surface area contributed by atoms with Crippen molar-refractivity contribution in [1.82, 2.24) is 4.57 Å². The molecule has 1 unspecified atom stereocenters. The zero-order valence-corrected chi connectivity index (χ0v) is 10.9. The molecule has 1 atom stereocenters. The van der Waals surface area contributed by atoms with E-state index in [4.69, 9.17) is 5.11 Å². The van der Waals surface area contributed by atoms with Crippen LogP contribution in [0.25, 0.3) is 0 Å². The molecular weight excluding hydrogens is 263 g/mol. The lowest BCUT2D eigenvalue weighted by Crippen LogP contribution is -2.30. The Hall–Kier alpha value is -1.50. The molecule has 0 radical (unpaired) electrons. The average molecular weight is 279 g/mol. The van der Waals surface area contributed by atoms with E-state index in [1.165, 1.54) is 30.1 Å².